The lowest BCUT2D eigenvalue weighted by Gasteiger charge is -2.10. The minimum atomic E-state index is -0.781. The lowest BCUT2D eigenvalue weighted by atomic mass is 10.0. The van der Waals surface area contributed by atoms with Crippen LogP contribution in [0.2, 0.25) is 0 Å². The Hall–Kier alpha value is -1.29. The Morgan fingerprint density at radius 2 is 2.19 bits per heavy atom. The second kappa shape index (κ2) is 5.16. The number of hydrogen-bond acceptors (Lipinski definition) is 2. The second-order valence-corrected chi connectivity index (χ2v) is 4.35. The SMILES string of the molecule is Cc1cc(CC(N)CCC(=O)O)c(C)n1C. The summed E-state index contributed by atoms with van der Waals surface area (Å²) in [5, 5.41) is 8.57. The molecule has 0 saturated carbocycles. The molecule has 1 aromatic heterocycles. The van der Waals surface area contributed by atoms with Crippen molar-refractivity contribution in [2.75, 3.05) is 0 Å². The van der Waals surface area contributed by atoms with E-state index in [2.05, 4.69) is 24.5 Å². The summed E-state index contributed by atoms with van der Waals surface area (Å²) in [6.07, 6.45) is 1.43. The van der Waals surface area contributed by atoms with E-state index < -0.39 is 5.97 Å². The highest BCUT2D eigenvalue weighted by atomic mass is 16.4. The van der Waals surface area contributed by atoms with Gasteiger partial charge in [0.1, 0.15) is 0 Å². The third-order valence-electron chi connectivity index (χ3n) is 3.09. The number of rotatable bonds is 5. The molecular weight excluding hydrogens is 204 g/mol. The van der Waals surface area contributed by atoms with Crippen molar-refractivity contribution in [1.29, 1.82) is 0 Å². The highest BCUT2D eigenvalue weighted by molar-refractivity contribution is 5.66. The standard InChI is InChI=1S/C12H20N2O2/c1-8-6-10(9(2)14(8)3)7-11(13)4-5-12(15)16/h6,11H,4-5,7,13H2,1-3H3,(H,15,16). The van der Waals surface area contributed by atoms with Gasteiger partial charge in [-0.2, -0.15) is 0 Å². The quantitative estimate of drug-likeness (QED) is 0.794. The van der Waals surface area contributed by atoms with E-state index in [-0.39, 0.29) is 12.5 Å². The summed E-state index contributed by atoms with van der Waals surface area (Å²) in [4.78, 5) is 10.4. The molecule has 0 aliphatic heterocycles. The Bertz CT molecular complexity index is 383. The van der Waals surface area contributed by atoms with E-state index in [1.165, 1.54) is 17.0 Å². The predicted octanol–water partition coefficient (Wildman–Crippen LogP) is 1.38. The summed E-state index contributed by atoms with van der Waals surface area (Å²) in [5.74, 6) is -0.781. The first-order valence-corrected chi connectivity index (χ1v) is 5.51. The van der Waals surface area contributed by atoms with Crippen LogP contribution in [0.5, 0.6) is 0 Å². The van der Waals surface area contributed by atoms with E-state index in [1.54, 1.807) is 0 Å². The first-order chi connectivity index (χ1) is 7.41. The molecule has 1 atom stereocenters. The van der Waals surface area contributed by atoms with Crippen molar-refractivity contribution in [3.05, 3.63) is 23.0 Å². The molecule has 4 heteroatoms. The third kappa shape index (κ3) is 3.10. The van der Waals surface area contributed by atoms with E-state index >= 15 is 0 Å². The fourth-order valence-electron chi connectivity index (χ4n) is 1.83. The third-order valence-corrected chi connectivity index (χ3v) is 3.09. The van der Waals surface area contributed by atoms with Crippen LogP contribution < -0.4 is 5.73 Å². The van der Waals surface area contributed by atoms with Crippen LogP contribution in [0.15, 0.2) is 6.07 Å². The summed E-state index contributed by atoms with van der Waals surface area (Å²) in [6.45, 7) is 4.12. The van der Waals surface area contributed by atoms with Crippen molar-refractivity contribution in [1.82, 2.24) is 4.57 Å². The first kappa shape index (κ1) is 12.8. The molecule has 3 N–H and O–H groups in total. The molecule has 0 aliphatic carbocycles. The summed E-state index contributed by atoms with van der Waals surface area (Å²) < 4.78 is 2.12. The molecule has 0 spiro atoms. The second-order valence-electron chi connectivity index (χ2n) is 4.35. The largest absolute Gasteiger partial charge is 0.481 e. The van der Waals surface area contributed by atoms with Gasteiger partial charge in [0.2, 0.25) is 0 Å². The van der Waals surface area contributed by atoms with Gasteiger partial charge in [-0.05, 0) is 38.3 Å². The molecule has 90 valence electrons. The van der Waals surface area contributed by atoms with Crippen LogP contribution in [0.3, 0.4) is 0 Å². The maximum Gasteiger partial charge on any atom is 0.303 e. The molecular formula is C12H20N2O2. The number of hydrogen-bond donors (Lipinski definition) is 2. The molecule has 1 unspecified atom stereocenters. The van der Waals surface area contributed by atoms with Crippen molar-refractivity contribution in [3.63, 3.8) is 0 Å². The van der Waals surface area contributed by atoms with E-state index in [1.807, 2.05) is 7.05 Å². The van der Waals surface area contributed by atoms with Gasteiger partial charge >= 0.3 is 5.97 Å². The molecule has 0 radical (unpaired) electrons. The lowest BCUT2D eigenvalue weighted by molar-refractivity contribution is -0.137. The lowest BCUT2D eigenvalue weighted by Crippen LogP contribution is -2.24. The summed E-state index contributed by atoms with van der Waals surface area (Å²) in [6, 6.07) is 2.05. The number of aromatic nitrogens is 1. The van der Waals surface area contributed by atoms with Crippen molar-refractivity contribution < 1.29 is 9.90 Å². The molecule has 1 rings (SSSR count). The fourth-order valence-corrected chi connectivity index (χ4v) is 1.83. The maximum absolute atomic E-state index is 10.4. The first-order valence-electron chi connectivity index (χ1n) is 5.51. The molecule has 0 amide bonds. The van der Waals surface area contributed by atoms with Crippen molar-refractivity contribution >= 4 is 5.97 Å². The van der Waals surface area contributed by atoms with Crippen LogP contribution in [0.25, 0.3) is 0 Å². The molecule has 16 heavy (non-hydrogen) atoms. The molecule has 0 aromatic carbocycles. The van der Waals surface area contributed by atoms with Gasteiger partial charge in [0.25, 0.3) is 0 Å². The van der Waals surface area contributed by atoms with Crippen molar-refractivity contribution in [2.45, 2.75) is 39.2 Å². The number of nitrogens with zero attached hydrogens (tertiary/aromatic N) is 1. The van der Waals surface area contributed by atoms with Gasteiger partial charge in [0.15, 0.2) is 0 Å². The Labute approximate surface area is 96.1 Å². The van der Waals surface area contributed by atoms with Crippen molar-refractivity contribution in [2.24, 2.45) is 12.8 Å². The molecule has 1 heterocycles. The number of carbonyl (C=O) groups is 1. The molecule has 0 bridgehead atoms. The predicted molar refractivity (Wildman–Crippen MR) is 63.4 cm³/mol. The maximum atomic E-state index is 10.4. The van der Waals surface area contributed by atoms with Crippen LogP contribution in [0.4, 0.5) is 0 Å². The van der Waals surface area contributed by atoms with Gasteiger partial charge in [-0.3, -0.25) is 4.79 Å². The van der Waals surface area contributed by atoms with Gasteiger partial charge in [-0.1, -0.05) is 0 Å². The molecule has 0 saturated heterocycles. The Morgan fingerprint density at radius 1 is 1.56 bits per heavy atom. The highest BCUT2D eigenvalue weighted by Crippen LogP contribution is 2.15. The van der Waals surface area contributed by atoms with E-state index in [0.717, 1.165) is 6.42 Å². The monoisotopic (exact) mass is 224 g/mol. The minimum absolute atomic E-state index is 0.0726. The van der Waals surface area contributed by atoms with Crippen LogP contribution >= 0.6 is 0 Å². The van der Waals surface area contributed by atoms with Crippen LogP contribution in [0, 0.1) is 13.8 Å². The number of aryl methyl sites for hydroxylation is 1. The average molecular weight is 224 g/mol. The highest BCUT2D eigenvalue weighted by Gasteiger charge is 2.11. The molecule has 1 aromatic rings. The number of carboxylic acid groups (broad SMARTS) is 1. The van der Waals surface area contributed by atoms with Crippen LogP contribution in [0.1, 0.15) is 29.8 Å². The number of aliphatic carboxylic acids is 1. The summed E-state index contributed by atoms with van der Waals surface area (Å²) in [5.41, 5.74) is 9.55. The summed E-state index contributed by atoms with van der Waals surface area (Å²) >= 11 is 0. The van der Waals surface area contributed by atoms with Gasteiger partial charge < -0.3 is 15.4 Å². The zero-order chi connectivity index (χ0) is 12.3. The average Bonchev–Trinajstić information content (AvgIpc) is 2.43. The van der Waals surface area contributed by atoms with E-state index in [4.69, 9.17) is 10.8 Å². The Balaban J connectivity index is 2.59. The van der Waals surface area contributed by atoms with E-state index in [0.29, 0.717) is 6.42 Å². The minimum Gasteiger partial charge on any atom is -0.481 e. The summed E-state index contributed by atoms with van der Waals surface area (Å²) in [7, 11) is 2.02. The van der Waals surface area contributed by atoms with Crippen molar-refractivity contribution in [3.8, 4) is 0 Å². The zero-order valence-electron chi connectivity index (χ0n) is 10.2. The normalized spacial score (nSPS) is 12.8. The molecule has 4 nitrogen and oxygen atoms in total. The molecule has 0 fully saturated rings. The smallest absolute Gasteiger partial charge is 0.303 e. The number of nitrogens with two attached hydrogens (primary N) is 1. The van der Waals surface area contributed by atoms with Crippen LogP contribution in [-0.4, -0.2) is 21.7 Å². The van der Waals surface area contributed by atoms with E-state index in [9.17, 15) is 4.79 Å². The van der Waals surface area contributed by atoms with Gasteiger partial charge in [0.05, 0.1) is 0 Å². The van der Waals surface area contributed by atoms with Gasteiger partial charge in [-0.15, -0.1) is 0 Å². The zero-order valence-corrected chi connectivity index (χ0v) is 10.2. The topological polar surface area (TPSA) is 68.2 Å². The Kier molecular flexibility index (Phi) is 4.12. The van der Waals surface area contributed by atoms with Gasteiger partial charge in [-0.25, -0.2) is 0 Å². The Morgan fingerprint density at radius 3 is 2.62 bits per heavy atom. The number of carboxylic acids is 1. The molecule has 0 aliphatic rings. The van der Waals surface area contributed by atoms with Crippen LogP contribution in [-0.2, 0) is 18.3 Å². The fraction of sp³-hybridized carbons (Fsp3) is 0.583. The van der Waals surface area contributed by atoms with Gasteiger partial charge in [0, 0.05) is 30.9 Å².